The van der Waals surface area contributed by atoms with E-state index in [-0.39, 0.29) is 6.09 Å². The van der Waals surface area contributed by atoms with Crippen LogP contribution in [0.4, 0.5) is 9.59 Å². The highest BCUT2D eigenvalue weighted by molar-refractivity contribution is 5.67. The van der Waals surface area contributed by atoms with Crippen LogP contribution in [-0.2, 0) is 4.74 Å². The van der Waals surface area contributed by atoms with Crippen LogP contribution in [0.2, 0.25) is 0 Å². The number of rotatable bonds is 2. The van der Waals surface area contributed by atoms with Gasteiger partial charge < -0.3 is 19.8 Å². The molecule has 1 saturated heterocycles. The van der Waals surface area contributed by atoms with E-state index in [1.54, 1.807) is 4.90 Å². The zero-order valence-electron chi connectivity index (χ0n) is 9.52. The van der Waals surface area contributed by atoms with Crippen LogP contribution < -0.4 is 0 Å². The van der Waals surface area contributed by atoms with E-state index >= 15 is 0 Å². The van der Waals surface area contributed by atoms with Gasteiger partial charge in [0.2, 0.25) is 0 Å². The van der Waals surface area contributed by atoms with E-state index in [2.05, 4.69) is 0 Å². The minimum Gasteiger partial charge on any atom is -0.450 e. The number of amides is 1. The summed E-state index contributed by atoms with van der Waals surface area (Å²) in [6.45, 7) is 4.31. The molecule has 1 aliphatic rings. The number of carboxylic acid groups (broad SMARTS) is 2. The van der Waals surface area contributed by atoms with Crippen molar-refractivity contribution in [3.05, 3.63) is 0 Å². The quantitative estimate of drug-likeness (QED) is 0.763. The van der Waals surface area contributed by atoms with E-state index in [0.29, 0.717) is 6.61 Å². The van der Waals surface area contributed by atoms with Crippen LogP contribution in [-0.4, -0.2) is 47.1 Å². The van der Waals surface area contributed by atoms with E-state index in [4.69, 9.17) is 19.7 Å². The average molecular weight is 233 g/mol. The van der Waals surface area contributed by atoms with Crippen LogP contribution in [0.25, 0.3) is 0 Å². The summed E-state index contributed by atoms with van der Waals surface area (Å²) in [6, 6.07) is 0. The summed E-state index contributed by atoms with van der Waals surface area (Å²) >= 11 is 0. The fourth-order valence-electron chi connectivity index (χ4n) is 1.36. The lowest BCUT2D eigenvalue weighted by Gasteiger charge is -2.25. The molecule has 6 heteroatoms. The number of likely N-dealkylation sites (tertiary alicyclic amines) is 1. The number of nitrogens with zero attached hydrogens (tertiary/aromatic N) is 1. The molecular weight excluding hydrogens is 214 g/mol. The standard InChI is InChI=1S/C9H17NO2.CH2O3/c1-2-8-12-9(11)10-6-4-3-5-7-10;2-1(3)4/h2-8H2,1H3;(H2,2,3,4). The van der Waals surface area contributed by atoms with Crippen molar-refractivity contribution in [2.45, 2.75) is 32.6 Å². The molecule has 0 unspecified atom stereocenters. The van der Waals surface area contributed by atoms with Gasteiger partial charge in [0.15, 0.2) is 0 Å². The van der Waals surface area contributed by atoms with Gasteiger partial charge in [-0.2, -0.15) is 0 Å². The summed E-state index contributed by atoms with van der Waals surface area (Å²) in [6.07, 6.45) is 2.44. The van der Waals surface area contributed by atoms with Gasteiger partial charge in [-0.25, -0.2) is 9.59 Å². The van der Waals surface area contributed by atoms with Gasteiger partial charge in [0.1, 0.15) is 0 Å². The molecule has 0 aromatic carbocycles. The number of ether oxygens (including phenoxy) is 1. The number of carbonyl (C=O) groups excluding carboxylic acids is 1. The molecule has 6 nitrogen and oxygen atoms in total. The zero-order valence-corrected chi connectivity index (χ0v) is 9.52. The molecule has 0 atom stereocenters. The summed E-state index contributed by atoms with van der Waals surface area (Å²) in [5.41, 5.74) is 0. The van der Waals surface area contributed by atoms with E-state index in [1.807, 2.05) is 6.92 Å². The van der Waals surface area contributed by atoms with Crippen molar-refractivity contribution in [3.63, 3.8) is 0 Å². The van der Waals surface area contributed by atoms with Gasteiger partial charge in [0.05, 0.1) is 6.61 Å². The second kappa shape index (κ2) is 8.82. The first-order chi connectivity index (χ1) is 7.57. The molecule has 1 amide bonds. The first-order valence-electron chi connectivity index (χ1n) is 5.41. The lowest BCUT2D eigenvalue weighted by atomic mass is 10.1. The lowest BCUT2D eigenvalue weighted by Crippen LogP contribution is -2.36. The van der Waals surface area contributed by atoms with Crippen molar-refractivity contribution >= 4 is 12.2 Å². The molecule has 16 heavy (non-hydrogen) atoms. The third-order valence-corrected chi connectivity index (χ3v) is 2.04. The molecule has 1 aliphatic heterocycles. The van der Waals surface area contributed by atoms with Crippen molar-refractivity contribution in [1.82, 2.24) is 4.90 Å². The van der Waals surface area contributed by atoms with Crippen LogP contribution >= 0.6 is 0 Å². The Kier molecular flexibility index (Phi) is 8.01. The fourth-order valence-corrected chi connectivity index (χ4v) is 1.36. The predicted octanol–water partition coefficient (Wildman–Crippen LogP) is 2.24. The number of piperidine rings is 1. The molecule has 0 saturated carbocycles. The number of carbonyl (C=O) groups is 2. The van der Waals surface area contributed by atoms with Gasteiger partial charge in [-0.1, -0.05) is 6.92 Å². The summed E-state index contributed by atoms with van der Waals surface area (Å²) in [7, 11) is 0. The Hall–Kier alpha value is -1.46. The Bertz CT molecular complexity index is 209. The van der Waals surface area contributed by atoms with Crippen molar-refractivity contribution < 1.29 is 24.5 Å². The maximum Gasteiger partial charge on any atom is 0.503 e. The molecule has 94 valence electrons. The van der Waals surface area contributed by atoms with E-state index in [9.17, 15) is 4.79 Å². The molecule has 0 radical (unpaired) electrons. The van der Waals surface area contributed by atoms with Gasteiger partial charge >= 0.3 is 12.2 Å². The van der Waals surface area contributed by atoms with Crippen LogP contribution in [0, 0.1) is 0 Å². The van der Waals surface area contributed by atoms with Gasteiger partial charge in [0, 0.05) is 13.1 Å². The predicted molar refractivity (Wildman–Crippen MR) is 57.7 cm³/mol. The normalized spacial score (nSPS) is 14.7. The molecule has 0 aromatic heterocycles. The third kappa shape index (κ3) is 7.90. The molecule has 0 aromatic rings. The first-order valence-corrected chi connectivity index (χ1v) is 5.41. The number of hydrogen-bond acceptors (Lipinski definition) is 3. The molecular formula is C10H19NO5. The summed E-state index contributed by atoms with van der Waals surface area (Å²) in [5, 5.41) is 13.9. The molecule has 2 N–H and O–H groups in total. The largest absolute Gasteiger partial charge is 0.503 e. The summed E-state index contributed by atoms with van der Waals surface area (Å²) in [5.74, 6) is 0. The highest BCUT2D eigenvalue weighted by Crippen LogP contribution is 2.09. The summed E-state index contributed by atoms with van der Waals surface area (Å²) in [4.78, 5) is 21.6. The second-order valence-corrected chi connectivity index (χ2v) is 3.44. The van der Waals surface area contributed by atoms with E-state index in [1.165, 1.54) is 6.42 Å². The molecule has 0 aliphatic carbocycles. The Balaban J connectivity index is 0.000000487. The topological polar surface area (TPSA) is 87.1 Å². The monoisotopic (exact) mass is 233 g/mol. The van der Waals surface area contributed by atoms with E-state index < -0.39 is 6.16 Å². The van der Waals surface area contributed by atoms with Gasteiger partial charge in [-0.05, 0) is 25.7 Å². The molecule has 0 bridgehead atoms. The lowest BCUT2D eigenvalue weighted by molar-refractivity contribution is 0.0953. The Morgan fingerprint density at radius 1 is 1.19 bits per heavy atom. The minimum absolute atomic E-state index is 0.128. The van der Waals surface area contributed by atoms with Gasteiger partial charge in [0.25, 0.3) is 0 Å². The Morgan fingerprint density at radius 2 is 1.69 bits per heavy atom. The second-order valence-electron chi connectivity index (χ2n) is 3.44. The van der Waals surface area contributed by atoms with Crippen molar-refractivity contribution in [2.24, 2.45) is 0 Å². The third-order valence-electron chi connectivity index (χ3n) is 2.04. The average Bonchev–Trinajstić information content (AvgIpc) is 2.26. The van der Waals surface area contributed by atoms with Crippen LogP contribution in [0.5, 0.6) is 0 Å². The highest BCUT2D eigenvalue weighted by Gasteiger charge is 2.16. The maximum atomic E-state index is 11.3. The number of hydrogen-bond donors (Lipinski definition) is 2. The maximum absolute atomic E-state index is 11.3. The van der Waals surface area contributed by atoms with Crippen molar-refractivity contribution in [3.8, 4) is 0 Å². The minimum atomic E-state index is -1.83. The van der Waals surface area contributed by atoms with Crippen LogP contribution in [0.15, 0.2) is 0 Å². The molecule has 0 spiro atoms. The fraction of sp³-hybridized carbons (Fsp3) is 0.800. The van der Waals surface area contributed by atoms with E-state index in [0.717, 1.165) is 32.4 Å². The zero-order chi connectivity index (χ0) is 12.4. The van der Waals surface area contributed by atoms with Crippen molar-refractivity contribution in [1.29, 1.82) is 0 Å². The first kappa shape index (κ1) is 14.5. The van der Waals surface area contributed by atoms with Crippen molar-refractivity contribution in [2.75, 3.05) is 19.7 Å². The Morgan fingerprint density at radius 3 is 2.12 bits per heavy atom. The van der Waals surface area contributed by atoms with Crippen LogP contribution in [0.3, 0.4) is 0 Å². The molecule has 1 fully saturated rings. The van der Waals surface area contributed by atoms with Gasteiger partial charge in [-0.3, -0.25) is 0 Å². The SMILES string of the molecule is CCCOC(=O)N1CCCCC1.O=C(O)O. The van der Waals surface area contributed by atoms with Gasteiger partial charge in [-0.15, -0.1) is 0 Å². The summed E-state index contributed by atoms with van der Waals surface area (Å²) < 4.78 is 5.02. The highest BCUT2D eigenvalue weighted by atomic mass is 16.6. The molecule has 1 heterocycles. The van der Waals surface area contributed by atoms with Crippen LogP contribution in [0.1, 0.15) is 32.6 Å². The smallest absolute Gasteiger partial charge is 0.450 e. The Labute approximate surface area is 94.8 Å². The molecule has 1 rings (SSSR count).